The van der Waals surface area contributed by atoms with Crippen LogP contribution in [0.5, 0.6) is 0 Å². The molecule has 0 amide bonds. The Balaban J connectivity index is 2.35. The Morgan fingerprint density at radius 3 is 3.10 bits per heavy atom. The second-order valence-corrected chi connectivity index (χ2v) is 2.23. The number of hydrogen-bond donors (Lipinski definition) is 1. The minimum Gasteiger partial charge on any atom is -0.394 e. The van der Waals surface area contributed by atoms with Crippen molar-refractivity contribution in [1.29, 1.82) is 0 Å². The summed E-state index contributed by atoms with van der Waals surface area (Å²) >= 11 is 0. The molecule has 2 atom stereocenters. The highest BCUT2D eigenvalue weighted by Crippen LogP contribution is 2.15. The Morgan fingerprint density at radius 1 is 1.80 bits per heavy atom. The van der Waals surface area contributed by atoms with Gasteiger partial charge >= 0.3 is 0 Å². The summed E-state index contributed by atoms with van der Waals surface area (Å²) in [5, 5.41) is 12.1. The van der Waals surface area contributed by atoms with Crippen LogP contribution < -0.4 is 0 Å². The summed E-state index contributed by atoms with van der Waals surface area (Å²) in [6.07, 6.45) is 0.510. The lowest BCUT2D eigenvalue weighted by atomic mass is 10.2. The first-order chi connectivity index (χ1) is 4.86. The average Bonchev–Trinajstić information content (AvgIpc) is 2.37. The zero-order chi connectivity index (χ0) is 7.40. The van der Waals surface area contributed by atoms with E-state index in [9.17, 15) is 0 Å². The van der Waals surface area contributed by atoms with Crippen molar-refractivity contribution in [3.8, 4) is 0 Å². The summed E-state index contributed by atoms with van der Waals surface area (Å²) < 4.78 is 5.05. The van der Waals surface area contributed by atoms with Gasteiger partial charge in [-0.25, -0.2) is 0 Å². The van der Waals surface area contributed by atoms with E-state index in [1.54, 1.807) is 0 Å². The normalized spacial score (nSPS) is 31.7. The van der Waals surface area contributed by atoms with Gasteiger partial charge in [-0.1, -0.05) is 5.11 Å². The van der Waals surface area contributed by atoms with E-state index in [1.807, 2.05) is 0 Å². The Labute approximate surface area is 58.2 Å². The van der Waals surface area contributed by atoms with Crippen LogP contribution in [-0.4, -0.2) is 30.5 Å². The molecular weight excluding hydrogens is 134 g/mol. The van der Waals surface area contributed by atoms with Gasteiger partial charge in [0.15, 0.2) is 0 Å². The molecule has 0 aromatic carbocycles. The molecule has 0 bridgehead atoms. The third-order valence-electron chi connectivity index (χ3n) is 1.48. The van der Waals surface area contributed by atoms with Crippen LogP contribution in [0, 0.1) is 0 Å². The summed E-state index contributed by atoms with van der Waals surface area (Å²) in [5.41, 5.74) is 8.03. The minimum absolute atomic E-state index is 0.0114. The first-order valence-corrected chi connectivity index (χ1v) is 3.13. The highest BCUT2D eigenvalue weighted by molar-refractivity contribution is 4.78. The lowest BCUT2D eigenvalue weighted by Gasteiger charge is -2.00. The van der Waals surface area contributed by atoms with Crippen molar-refractivity contribution >= 4 is 0 Å². The predicted molar refractivity (Wildman–Crippen MR) is 34.4 cm³/mol. The van der Waals surface area contributed by atoms with Crippen LogP contribution >= 0.6 is 0 Å². The van der Waals surface area contributed by atoms with Crippen LogP contribution in [0.25, 0.3) is 10.4 Å². The van der Waals surface area contributed by atoms with Crippen molar-refractivity contribution in [3.05, 3.63) is 10.4 Å². The van der Waals surface area contributed by atoms with E-state index in [0.29, 0.717) is 13.0 Å². The van der Waals surface area contributed by atoms with E-state index in [4.69, 9.17) is 15.4 Å². The van der Waals surface area contributed by atoms with Gasteiger partial charge in [0.25, 0.3) is 0 Å². The molecule has 1 N–H and O–H groups in total. The molecule has 1 saturated heterocycles. The Morgan fingerprint density at radius 2 is 2.60 bits per heavy atom. The van der Waals surface area contributed by atoms with Crippen molar-refractivity contribution < 1.29 is 9.84 Å². The lowest BCUT2D eigenvalue weighted by Crippen LogP contribution is -2.10. The molecule has 1 fully saturated rings. The summed E-state index contributed by atoms with van der Waals surface area (Å²) in [7, 11) is 0. The first kappa shape index (κ1) is 7.34. The van der Waals surface area contributed by atoms with Crippen molar-refractivity contribution in [2.45, 2.75) is 18.6 Å². The molecule has 0 unspecified atom stereocenters. The maximum atomic E-state index is 8.59. The second-order valence-electron chi connectivity index (χ2n) is 2.23. The van der Waals surface area contributed by atoms with Gasteiger partial charge in [0, 0.05) is 4.91 Å². The van der Waals surface area contributed by atoms with Crippen LogP contribution in [0.2, 0.25) is 0 Å². The number of ether oxygens (including phenoxy) is 1. The molecular formula is C5H9N3O2. The van der Waals surface area contributed by atoms with Gasteiger partial charge in [-0.05, 0) is 12.0 Å². The molecule has 0 aromatic heterocycles. The molecule has 1 aliphatic rings. The molecule has 1 aliphatic heterocycles. The zero-order valence-corrected chi connectivity index (χ0v) is 5.47. The molecule has 5 heteroatoms. The maximum Gasteiger partial charge on any atom is 0.0810 e. The van der Waals surface area contributed by atoms with Gasteiger partial charge in [-0.3, -0.25) is 0 Å². The highest BCUT2D eigenvalue weighted by atomic mass is 16.5. The van der Waals surface area contributed by atoms with Gasteiger partial charge in [0.1, 0.15) is 0 Å². The van der Waals surface area contributed by atoms with E-state index < -0.39 is 0 Å². The first-order valence-electron chi connectivity index (χ1n) is 3.13. The zero-order valence-electron chi connectivity index (χ0n) is 5.47. The second kappa shape index (κ2) is 3.41. The number of aliphatic hydroxyl groups is 1. The van der Waals surface area contributed by atoms with Crippen molar-refractivity contribution in [2.24, 2.45) is 5.11 Å². The maximum absolute atomic E-state index is 8.59. The molecule has 10 heavy (non-hydrogen) atoms. The van der Waals surface area contributed by atoms with Gasteiger partial charge in [-0.2, -0.15) is 0 Å². The summed E-state index contributed by atoms with van der Waals surface area (Å²) in [6, 6.07) is -0.0813. The fraction of sp³-hybridized carbons (Fsp3) is 1.00. The largest absolute Gasteiger partial charge is 0.394 e. The van der Waals surface area contributed by atoms with Crippen LogP contribution in [0.4, 0.5) is 0 Å². The fourth-order valence-electron chi connectivity index (χ4n) is 0.967. The molecule has 5 nitrogen and oxygen atoms in total. The summed E-state index contributed by atoms with van der Waals surface area (Å²) in [5.74, 6) is 0. The van der Waals surface area contributed by atoms with Crippen molar-refractivity contribution in [2.75, 3.05) is 13.2 Å². The van der Waals surface area contributed by atoms with E-state index in [-0.39, 0.29) is 18.8 Å². The molecule has 0 radical (unpaired) electrons. The third kappa shape index (κ3) is 1.60. The number of nitrogens with zero attached hydrogens (tertiary/aromatic N) is 3. The quantitative estimate of drug-likeness (QED) is 0.346. The van der Waals surface area contributed by atoms with Gasteiger partial charge in [0.05, 0.1) is 25.4 Å². The van der Waals surface area contributed by atoms with Gasteiger partial charge < -0.3 is 9.84 Å². The standard InChI is InChI=1S/C5H9N3O2/c6-8-7-4-1-5(2-9)10-3-4/h4-5,9H,1-3H2/t4-,5-/m0/s1. The van der Waals surface area contributed by atoms with Gasteiger partial charge in [-0.15, -0.1) is 0 Å². The highest BCUT2D eigenvalue weighted by Gasteiger charge is 2.23. The topological polar surface area (TPSA) is 78.2 Å². The van der Waals surface area contributed by atoms with E-state index in [1.165, 1.54) is 0 Å². The summed E-state index contributed by atoms with van der Waals surface area (Å²) in [4.78, 5) is 2.65. The molecule has 0 aliphatic carbocycles. The van der Waals surface area contributed by atoms with Crippen LogP contribution in [0.15, 0.2) is 5.11 Å². The number of azide groups is 1. The third-order valence-corrected chi connectivity index (χ3v) is 1.48. The summed E-state index contributed by atoms with van der Waals surface area (Å²) in [6.45, 7) is 0.451. The fourth-order valence-corrected chi connectivity index (χ4v) is 0.967. The monoisotopic (exact) mass is 143 g/mol. The van der Waals surface area contributed by atoms with E-state index in [2.05, 4.69) is 10.0 Å². The number of hydrogen-bond acceptors (Lipinski definition) is 3. The smallest absolute Gasteiger partial charge is 0.0810 e. The van der Waals surface area contributed by atoms with E-state index >= 15 is 0 Å². The van der Waals surface area contributed by atoms with Crippen LogP contribution in [0.3, 0.4) is 0 Å². The Kier molecular flexibility index (Phi) is 2.50. The Bertz CT molecular complexity index is 155. The van der Waals surface area contributed by atoms with Gasteiger partial charge in [0.2, 0.25) is 0 Å². The van der Waals surface area contributed by atoms with E-state index in [0.717, 1.165) is 0 Å². The number of rotatable bonds is 2. The molecule has 0 saturated carbocycles. The predicted octanol–water partition coefficient (Wildman–Crippen LogP) is 0.447. The molecule has 1 rings (SSSR count). The molecule has 0 spiro atoms. The molecule has 0 aromatic rings. The lowest BCUT2D eigenvalue weighted by molar-refractivity contribution is 0.0586. The minimum atomic E-state index is -0.129. The van der Waals surface area contributed by atoms with Crippen LogP contribution in [0.1, 0.15) is 6.42 Å². The Hall–Kier alpha value is -0.770. The van der Waals surface area contributed by atoms with Crippen molar-refractivity contribution in [1.82, 2.24) is 0 Å². The van der Waals surface area contributed by atoms with Crippen LogP contribution in [-0.2, 0) is 4.74 Å². The SMILES string of the molecule is [N-]=[N+]=N[C@@H]1CO[C@H](CO)C1. The average molecular weight is 143 g/mol. The molecule has 1 heterocycles. The number of aliphatic hydroxyl groups excluding tert-OH is 1. The molecule has 56 valence electrons. The van der Waals surface area contributed by atoms with Crippen molar-refractivity contribution in [3.63, 3.8) is 0 Å².